The van der Waals surface area contributed by atoms with Crippen LogP contribution in [0.3, 0.4) is 0 Å². The highest BCUT2D eigenvalue weighted by Gasteiger charge is 2.48. The Morgan fingerprint density at radius 3 is 2.54 bits per heavy atom. The normalized spacial score (nSPS) is 26.7. The maximum absolute atomic E-state index is 12.0. The van der Waals surface area contributed by atoms with Gasteiger partial charge in [0.25, 0.3) is 0 Å². The lowest BCUT2D eigenvalue weighted by Crippen LogP contribution is -2.44. The molecule has 4 atom stereocenters. The number of hydrogen-bond acceptors (Lipinski definition) is 7. The smallest absolute Gasteiger partial charge is 0.303 e. The van der Waals surface area contributed by atoms with E-state index in [2.05, 4.69) is 41.4 Å². The second-order valence-corrected chi connectivity index (χ2v) is 8.28. The number of carboxylic acid groups (broad SMARTS) is 1. The minimum Gasteiger partial charge on any atom is -0.481 e. The summed E-state index contributed by atoms with van der Waals surface area (Å²) in [6.07, 6.45) is 1.76. The Morgan fingerprint density at radius 1 is 1.18 bits per heavy atom. The number of carbonyl (C=O) groups is 2. The Kier molecular flexibility index (Phi) is 6.14. The van der Waals surface area contributed by atoms with Gasteiger partial charge < -0.3 is 25.2 Å². The van der Waals surface area contributed by atoms with Crippen LogP contribution in [0, 0.1) is 0 Å². The van der Waals surface area contributed by atoms with Crippen molar-refractivity contribution in [1.29, 1.82) is 0 Å². The van der Waals surface area contributed by atoms with Crippen LogP contribution >= 0.6 is 0 Å². The highest BCUT2D eigenvalue weighted by molar-refractivity contribution is 5.77. The van der Waals surface area contributed by atoms with Gasteiger partial charge in [0.05, 0.1) is 31.0 Å². The SMILES string of the molecule is CC(C)(C)c1ccnc(NC2COC3C(NC(=O)CCCC(=O)O)COC23)n1. The molecule has 4 unspecified atom stereocenters. The number of ether oxygens (including phenoxy) is 2. The maximum Gasteiger partial charge on any atom is 0.303 e. The van der Waals surface area contributed by atoms with Crippen LogP contribution in [0.4, 0.5) is 5.95 Å². The van der Waals surface area contributed by atoms with Gasteiger partial charge in [0, 0.05) is 24.5 Å². The molecule has 0 aromatic carbocycles. The minimum absolute atomic E-state index is 0.0171. The molecule has 154 valence electrons. The third-order valence-electron chi connectivity index (χ3n) is 4.93. The number of aliphatic carboxylic acids is 1. The third-order valence-corrected chi connectivity index (χ3v) is 4.93. The highest BCUT2D eigenvalue weighted by atomic mass is 16.6. The number of amides is 1. The van der Waals surface area contributed by atoms with Crippen LogP contribution in [-0.4, -0.2) is 64.5 Å². The molecule has 1 amide bonds. The number of nitrogens with one attached hydrogen (secondary N) is 2. The summed E-state index contributed by atoms with van der Waals surface area (Å²) in [5.74, 6) is -0.550. The summed E-state index contributed by atoms with van der Waals surface area (Å²) in [6, 6.07) is 1.56. The zero-order valence-electron chi connectivity index (χ0n) is 16.5. The van der Waals surface area contributed by atoms with Crippen molar-refractivity contribution in [3.8, 4) is 0 Å². The fourth-order valence-electron chi connectivity index (χ4n) is 3.44. The molecule has 3 N–H and O–H groups in total. The van der Waals surface area contributed by atoms with Gasteiger partial charge in [0.2, 0.25) is 11.9 Å². The van der Waals surface area contributed by atoms with Crippen LogP contribution in [0.25, 0.3) is 0 Å². The molecule has 2 aliphatic rings. The molecule has 2 aliphatic heterocycles. The molecule has 0 aliphatic carbocycles. The lowest BCUT2D eigenvalue weighted by Gasteiger charge is -2.21. The van der Waals surface area contributed by atoms with Gasteiger partial charge in [-0.1, -0.05) is 20.8 Å². The summed E-state index contributed by atoms with van der Waals surface area (Å²) in [5.41, 5.74) is 0.868. The highest BCUT2D eigenvalue weighted by Crippen LogP contribution is 2.29. The number of nitrogens with zero attached hydrogens (tertiary/aromatic N) is 2. The summed E-state index contributed by atoms with van der Waals surface area (Å²) in [4.78, 5) is 31.5. The molecule has 0 saturated carbocycles. The average molecular weight is 392 g/mol. The van der Waals surface area contributed by atoms with E-state index in [0.29, 0.717) is 25.6 Å². The first-order valence-electron chi connectivity index (χ1n) is 9.58. The summed E-state index contributed by atoms with van der Waals surface area (Å²) >= 11 is 0. The average Bonchev–Trinajstić information content (AvgIpc) is 3.18. The molecule has 3 heterocycles. The van der Waals surface area contributed by atoms with E-state index in [1.165, 1.54) is 0 Å². The molecular weight excluding hydrogens is 364 g/mol. The Labute approximate surface area is 164 Å². The van der Waals surface area contributed by atoms with Gasteiger partial charge in [-0.05, 0) is 12.5 Å². The molecule has 0 radical (unpaired) electrons. The van der Waals surface area contributed by atoms with Crippen LogP contribution in [-0.2, 0) is 24.5 Å². The molecule has 9 heteroatoms. The van der Waals surface area contributed by atoms with Crippen LogP contribution in [0.1, 0.15) is 45.7 Å². The molecule has 9 nitrogen and oxygen atoms in total. The van der Waals surface area contributed by atoms with Crippen molar-refractivity contribution in [2.75, 3.05) is 18.5 Å². The Bertz CT molecular complexity index is 721. The van der Waals surface area contributed by atoms with E-state index in [0.717, 1.165) is 5.69 Å². The Morgan fingerprint density at radius 2 is 1.86 bits per heavy atom. The van der Waals surface area contributed by atoms with Crippen molar-refractivity contribution >= 4 is 17.8 Å². The summed E-state index contributed by atoms with van der Waals surface area (Å²) in [7, 11) is 0. The first-order chi connectivity index (χ1) is 13.2. The van der Waals surface area contributed by atoms with Gasteiger partial charge in [0.1, 0.15) is 12.2 Å². The van der Waals surface area contributed by atoms with E-state index >= 15 is 0 Å². The van der Waals surface area contributed by atoms with Gasteiger partial charge >= 0.3 is 5.97 Å². The fraction of sp³-hybridized carbons (Fsp3) is 0.684. The van der Waals surface area contributed by atoms with Crippen molar-refractivity contribution in [3.63, 3.8) is 0 Å². The zero-order valence-corrected chi connectivity index (χ0v) is 16.5. The van der Waals surface area contributed by atoms with Gasteiger partial charge in [-0.2, -0.15) is 0 Å². The van der Waals surface area contributed by atoms with Crippen molar-refractivity contribution in [2.45, 2.75) is 69.7 Å². The third kappa shape index (κ3) is 4.96. The van der Waals surface area contributed by atoms with E-state index < -0.39 is 5.97 Å². The molecular formula is C19H28N4O5. The number of carboxylic acids is 1. The summed E-state index contributed by atoms with van der Waals surface area (Å²) in [6.45, 7) is 7.08. The van der Waals surface area contributed by atoms with E-state index in [-0.39, 0.29) is 48.5 Å². The van der Waals surface area contributed by atoms with Gasteiger partial charge in [-0.25, -0.2) is 9.97 Å². The van der Waals surface area contributed by atoms with E-state index in [1.54, 1.807) is 6.20 Å². The van der Waals surface area contributed by atoms with Crippen molar-refractivity contribution < 1.29 is 24.2 Å². The second-order valence-electron chi connectivity index (χ2n) is 8.28. The van der Waals surface area contributed by atoms with Crippen LogP contribution in [0.2, 0.25) is 0 Å². The number of anilines is 1. The number of fused-ring (bicyclic) bond motifs is 1. The largest absolute Gasteiger partial charge is 0.481 e. The fourth-order valence-corrected chi connectivity index (χ4v) is 3.44. The number of hydrogen-bond donors (Lipinski definition) is 3. The van der Waals surface area contributed by atoms with Gasteiger partial charge in [-0.3, -0.25) is 9.59 Å². The monoisotopic (exact) mass is 392 g/mol. The molecule has 1 aromatic rings. The molecule has 2 saturated heterocycles. The lowest BCUT2D eigenvalue weighted by molar-refractivity contribution is -0.137. The van der Waals surface area contributed by atoms with Crippen LogP contribution in [0.15, 0.2) is 12.3 Å². The molecule has 0 spiro atoms. The molecule has 28 heavy (non-hydrogen) atoms. The van der Waals surface area contributed by atoms with E-state index in [9.17, 15) is 9.59 Å². The van der Waals surface area contributed by atoms with Crippen molar-refractivity contribution in [1.82, 2.24) is 15.3 Å². The number of rotatable bonds is 7. The Hall–Kier alpha value is -2.26. The first-order valence-corrected chi connectivity index (χ1v) is 9.58. The van der Waals surface area contributed by atoms with Gasteiger partial charge in [0.15, 0.2) is 0 Å². The number of aromatic nitrogens is 2. The zero-order chi connectivity index (χ0) is 20.3. The Balaban J connectivity index is 1.54. The molecule has 2 fully saturated rings. The maximum atomic E-state index is 12.0. The van der Waals surface area contributed by atoms with Crippen molar-refractivity contribution in [2.24, 2.45) is 0 Å². The van der Waals surface area contributed by atoms with Crippen LogP contribution in [0.5, 0.6) is 0 Å². The molecule has 3 rings (SSSR count). The lowest BCUT2D eigenvalue weighted by atomic mass is 9.92. The van der Waals surface area contributed by atoms with Gasteiger partial charge in [-0.15, -0.1) is 0 Å². The quantitative estimate of drug-likeness (QED) is 0.630. The molecule has 0 bridgehead atoms. The second kappa shape index (κ2) is 8.40. The standard InChI is InChI=1S/C19H28N4O5/c1-19(2,3)13-7-8-20-18(23-13)22-12-10-28-16-11(9-27-17(12)16)21-14(24)5-4-6-15(25)26/h7-8,11-12,16-17H,4-6,9-10H2,1-3H3,(H,21,24)(H,25,26)(H,20,22,23). The number of carbonyl (C=O) groups excluding carboxylic acids is 1. The topological polar surface area (TPSA) is 123 Å². The first kappa shape index (κ1) is 20.5. The van der Waals surface area contributed by atoms with Crippen molar-refractivity contribution in [3.05, 3.63) is 18.0 Å². The summed E-state index contributed by atoms with van der Waals surface area (Å²) < 4.78 is 11.7. The summed E-state index contributed by atoms with van der Waals surface area (Å²) in [5, 5.41) is 14.8. The van der Waals surface area contributed by atoms with E-state index in [1.807, 2.05) is 6.07 Å². The van der Waals surface area contributed by atoms with E-state index in [4.69, 9.17) is 14.6 Å². The minimum atomic E-state index is -0.900. The predicted molar refractivity (Wildman–Crippen MR) is 101 cm³/mol. The molecule has 1 aromatic heterocycles. The predicted octanol–water partition coefficient (Wildman–Crippen LogP) is 1.09. The van der Waals surface area contributed by atoms with Crippen LogP contribution < -0.4 is 10.6 Å².